The number of rotatable bonds is 1. The van der Waals surface area contributed by atoms with Crippen LogP contribution in [0, 0.1) is 0 Å². The van der Waals surface area contributed by atoms with E-state index in [9.17, 15) is 0 Å². The first-order valence-corrected chi connectivity index (χ1v) is 6.91. The van der Waals surface area contributed by atoms with E-state index in [4.69, 9.17) is 5.73 Å². The van der Waals surface area contributed by atoms with Gasteiger partial charge in [0.25, 0.3) is 0 Å². The summed E-state index contributed by atoms with van der Waals surface area (Å²) in [6.45, 7) is 2.21. The molecule has 1 saturated carbocycles. The van der Waals surface area contributed by atoms with E-state index < -0.39 is 0 Å². The van der Waals surface area contributed by atoms with Gasteiger partial charge in [0.1, 0.15) is 0 Å². The Bertz CT molecular complexity index is 363. The van der Waals surface area contributed by atoms with Crippen LogP contribution in [0.2, 0.25) is 0 Å². The van der Waals surface area contributed by atoms with Crippen LogP contribution in [0.3, 0.4) is 0 Å². The summed E-state index contributed by atoms with van der Waals surface area (Å²) in [7, 11) is 0. The molecule has 1 heterocycles. The highest BCUT2D eigenvalue weighted by Gasteiger charge is 2.30. The Labute approximate surface area is 104 Å². The third-order valence-corrected chi connectivity index (χ3v) is 4.37. The van der Waals surface area contributed by atoms with Crippen molar-refractivity contribution < 1.29 is 0 Å². The number of fused-ring (bicyclic) bond motifs is 1. The molecule has 0 bridgehead atoms. The van der Waals surface area contributed by atoms with Gasteiger partial charge >= 0.3 is 0 Å². The van der Waals surface area contributed by atoms with Crippen LogP contribution in [0.1, 0.15) is 43.2 Å². The maximum atomic E-state index is 6.35. The Morgan fingerprint density at radius 3 is 2.29 bits per heavy atom. The number of hydrogen-bond donors (Lipinski definition) is 1. The summed E-state index contributed by atoms with van der Waals surface area (Å²) >= 11 is 0. The van der Waals surface area contributed by atoms with E-state index in [1.807, 2.05) is 0 Å². The largest absolute Gasteiger partial charge is 0.326 e. The Kier molecular flexibility index (Phi) is 3.17. The highest BCUT2D eigenvalue weighted by molar-refractivity contribution is 5.30. The van der Waals surface area contributed by atoms with Crippen molar-refractivity contribution in [3.8, 4) is 0 Å². The minimum Gasteiger partial charge on any atom is -0.326 e. The first-order valence-electron chi connectivity index (χ1n) is 6.91. The number of nitrogens with zero attached hydrogens (tertiary/aromatic N) is 1. The molecule has 2 heteroatoms. The van der Waals surface area contributed by atoms with Gasteiger partial charge in [0.2, 0.25) is 0 Å². The molecule has 0 saturated heterocycles. The van der Waals surface area contributed by atoms with Crippen molar-refractivity contribution in [2.45, 2.75) is 57.3 Å². The van der Waals surface area contributed by atoms with Crippen LogP contribution in [0.5, 0.6) is 0 Å². The predicted molar refractivity (Wildman–Crippen MR) is 70.5 cm³/mol. The Morgan fingerprint density at radius 2 is 1.59 bits per heavy atom. The van der Waals surface area contributed by atoms with Crippen LogP contribution in [-0.4, -0.2) is 17.0 Å². The summed E-state index contributed by atoms with van der Waals surface area (Å²) in [6, 6.07) is 9.80. The molecule has 2 N–H and O–H groups in total. The predicted octanol–water partition coefficient (Wildman–Crippen LogP) is 2.66. The van der Waals surface area contributed by atoms with E-state index in [1.165, 1.54) is 43.2 Å². The summed E-state index contributed by atoms with van der Waals surface area (Å²) in [6.07, 6.45) is 6.53. The van der Waals surface area contributed by atoms with Crippen LogP contribution in [-0.2, 0) is 13.1 Å². The van der Waals surface area contributed by atoms with Gasteiger partial charge < -0.3 is 5.73 Å². The first-order chi connectivity index (χ1) is 8.34. The second-order valence-corrected chi connectivity index (χ2v) is 5.54. The summed E-state index contributed by atoms with van der Waals surface area (Å²) < 4.78 is 0. The van der Waals surface area contributed by atoms with Gasteiger partial charge in [0, 0.05) is 25.2 Å². The quantitative estimate of drug-likeness (QED) is 0.752. The molecule has 92 valence electrons. The van der Waals surface area contributed by atoms with Crippen LogP contribution >= 0.6 is 0 Å². The monoisotopic (exact) mass is 230 g/mol. The topological polar surface area (TPSA) is 29.3 Å². The maximum Gasteiger partial charge on any atom is 0.0254 e. The molecule has 0 amide bonds. The van der Waals surface area contributed by atoms with Crippen molar-refractivity contribution in [1.82, 2.24) is 4.90 Å². The zero-order valence-corrected chi connectivity index (χ0v) is 10.4. The molecular weight excluding hydrogens is 208 g/mol. The molecular formula is C15H22N2. The molecule has 0 aromatic heterocycles. The van der Waals surface area contributed by atoms with Crippen molar-refractivity contribution in [2.24, 2.45) is 5.73 Å². The van der Waals surface area contributed by atoms with Crippen LogP contribution in [0.4, 0.5) is 0 Å². The second-order valence-electron chi connectivity index (χ2n) is 5.54. The van der Waals surface area contributed by atoms with Crippen LogP contribution < -0.4 is 5.73 Å². The van der Waals surface area contributed by atoms with E-state index >= 15 is 0 Å². The molecule has 1 aromatic rings. The fourth-order valence-electron chi connectivity index (χ4n) is 3.36. The van der Waals surface area contributed by atoms with Crippen molar-refractivity contribution in [2.75, 3.05) is 0 Å². The van der Waals surface area contributed by atoms with E-state index in [0.29, 0.717) is 12.1 Å². The van der Waals surface area contributed by atoms with Gasteiger partial charge in [-0.05, 0) is 24.0 Å². The van der Waals surface area contributed by atoms with Gasteiger partial charge in [-0.3, -0.25) is 4.90 Å². The molecule has 2 unspecified atom stereocenters. The lowest BCUT2D eigenvalue weighted by molar-refractivity contribution is 0.163. The summed E-state index contributed by atoms with van der Waals surface area (Å²) in [4.78, 5) is 2.60. The molecule has 2 aliphatic rings. The molecule has 0 radical (unpaired) electrons. The van der Waals surface area contributed by atoms with Crippen LogP contribution in [0.25, 0.3) is 0 Å². The van der Waals surface area contributed by atoms with Gasteiger partial charge in [0.05, 0.1) is 0 Å². The lowest BCUT2D eigenvalue weighted by atomic mass is 10.0. The first kappa shape index (κ1) is 11.2. The second kappa shape index (κ2) is 4.79. The fourth-order valence-corrected chi connectivity index (χ4v) is 3.36. The maximum absolute atomic E-state index is 6.35. The molecule has 3 rings (SSSR count). The van der Waals surface area contributed by atoms with E-state index in [0.717, 1.165) is 13.1 Å². The lowest BCUT2D eigenvalue weighted by Crippen LogP contribution is -2.44. The van der Waals surface area contributed by atoms with Crippen molar-refractivity contribution in [3.63, 3.8) is 0 Å². The summed E-state index contributed by atoms with van der Waals surface area (Å²) in [5.41, 5.74) is 9.36. The minimum atomic E-state index is 0.381. The molecule has 1 aromatic carbocycles. The highest BCUT2D eigenvalue weighted by Crippen LogP contribution is 2.29. The zero-order chi connectivity index (χ0) is 11.7. The number of nitrogens with two attached hydrogens (primary N) is 1. The fraction of sp³-hybridized carbons (Fsp3) is 0.600. The molecule has 2 nitrogen and oxygen atoms in total. The smallest absolute Gasteiger partial charge is 0.0254 e. The average Bonchev–Trinajstić information content (AvgIpc) is 2.65. The van der Waals surface area contributed by atoms with E-state index in [1.54, 1.807) is 0 Å². The van der Waals surface area contributed by atoms with E-state index in [2.05, 4.69) is 29.2 Å². The molecule has 1 aliphatic carbocycles. The molecule has 2 atom stereocenters. The minimum absolute atomic E-state index is 0.381. The standard InChI is InChI=1S/C15H22N2/c16-14-8-2-1-3-9-15(14)17-10-12-6-4-5-7-13(12)11-17/h4-7,14-15H,1-3,8-11,16H2. The van der Waals surface area contributed by atoms with Crippen molar-refractivity contribution in [3.05, 3.63) is 35.4 Å². The number of hydrogen-bond acceptors (Lipinski definition) is 2. The highest BCUT2D eigenvalue weighted by atomic mass is 15.2. The average molecular weight is 230 g/mol. The van der Waals surface area contributed by atoms with Crippen LogP contribution in [0.15, 0.2) is 24.3 Å². The summed E-state index contributed by atoms with van der Waals surface area (Å²) in [5.74, 6) is 0. The summed E-state index contributed by atoms with van der Waals surface area (Å²) in [5, 5.41) is 0. The number of benzene rings is 1. The Hall–Kier alpha value is -0.860. The molecule has 0 spiro atoms. The van der Waals surface area contributed by atoms with Crippen molar-refractivity contribution in [1.29, 1.82) is 0 Å². The van der Waals surface area contributed by atoms with Gasteiger partial charge in [-0.2, -0.15) is 0 Å². The van der Waals surface area contributed by atoms with Gasteiger partial charge in [-0.15, -0.1) is 0 Å². The lowest BCUT2D eigenvalue weighted by Gasteiger charge is -2.31. The zero-order valence-electron chi connectivity index (χ0n) is 10.4. The van der Waals surface area contributed by atoms with Gasteiger partial charge in [-0.25, -0.2) is 0 Å². The third-order valence-electron chi connectivity index (χ3n) is 4.37. The van der Waals surface area contributed by atoms with E-state index in [-0.39, 0.29) is 0 Å². The normalized spacial score (nSPS) is 29.9. The Morgan fingerprint density at radius 1 is 0.941 bits per heavy atom. The third kappa shape index (κ3) is 2.24. The molecule has 17 heavy (non-hydrogen) atoms. The Balaban J connectivity index is 1.74. The van der Waals surface area contributed by atoms with Crippen molar-refractivity contribution >= 4 is 0 Å². The molecule has 1 fully saturated rings. The van der Waals surface area contributed by atoms with Gasteiger partial charge in [0.15, 0.2) is 0 Å². The SMILES string of the molecule is NC1CCCCCC1N1Cc2ccccc2C1. The molecule has 1 aliphatic heterocycles. The van der Waals surface area contributed by atoms with Gasteiger partial charge in [-0.1, -0.05) is 43.5 Å².